The summed E-state index contributed by atoms with van der Waals surface area (Å²) in [6.45, 7) is 0. The van der Waals surface area contributed by atoms with Gasteiger partial charge < -0.3 is 5.32 Å². The number of carbonyl (C=O) groups excluding carboxylic acids is 1. The lowest BCUT2D eigenvalue weighted by molar-refractivity contribution is 0.102. The van der Waals surface area contributed by atoms with E-state index in [1.54, 1.807) is 24.3 Å². The minimum atomic E-state index is -3.64. The summed E-state index contributed by atoms with van der Waals surface area (Å²) in [5, 5.41) is 2.86. The molecular weight excluding hydrogens is 404 g/mol. The fraction of sp³-hybridized carbons (Fsp3) is 0.133. The molecule has 122 valence electrons. The van der Waals surface area contributed by atoms with Crippen molar-refractivity contribution in [3.05, 3.63) is 57.5 Å². The summed E-state index contributed by atoms with van der Waals surface area (Å²) >= 11 is 9.34. The number of halogens is 2. The lowest BCUT2D eigenvalue weighted by atomic mass is 10.2. The molecule has 0 unspecified atom stereocenters. The normalized spacial score (nSPS) is 11.5. The lowest BCUT2D eigenvalue weighted by Gasteiger charge is -2.13. The minimum absolute atomic E-state index is 0.00727. The van der Waals surface area contributed by atoms with Gasteiger partial charge in [-0.15, -0.1) is 0 Å². The van der Waals surface area contributed by atoms with E-state index < -0.39 is 15.9 Å². The molecule has 0 aliphatic rings. The monoisotopic (exact) mass is 416 g/mol. The SMILES string of the molecule is CN(C)S(=O)(=O)c1ccc(Cl)c(C(=O)Nc2ccc(Br)cc2)c1. The maximum absolute atomic E-state index is 12.4. The first-order valence-electron chi connectivity index (χ1n) is 6.51. The Morgan fingerprint density at radius 1 is 1.13 bits per heavy atom. The molecule has 0 fully saturated rings. The fourth-order valence-electron chi connectivity index (χ4n) is 1.78. The molecule has 0 bridgehead atoms. The molecular formula is C15H14BrClN2O3S. The van der Waals surface area contributed by atoms with E-state index in [-0.39, 0.29) is 15.5 Å². The maximum atomic E-state index is 12.4. The van der Waals surface area contributed by atoms with Crippen molar-refractivity contribution in [1.82, 2.24) is 4.31 Å². The number of benzene rings is 2. The van der Waals surface area contributed by atoms with E-state index in [9.17, 15) is 13.2 Å². The van der Waals surface area contributed by atoms with Crippen LogP contribution in [0.4, 0.5) is 5.69 Å². The highest BCUT2D eigenvalue weighted by Crippen LogP contribution is 2.23. The Morgan fingerprint density at radius 3 is 2.30 bits per heavy atom. The van der Waals surface area contributed by atoms with Crippen LogP contribution in [-0.2, 0) is 10.0 Å². The third-order valence-electron chi connectivity index (χ3n) is 3.06. The summed E-state index contributed by atoms with van der Waals surface area (Å²) in [6.07, 6.45) is 0. The Labute approximate surface area is 148 Å². The Kier molecular flexibility index (Phi) is 5.46. The number of hydrogen-bond acceptors (Lipinski definition) is 3. The van der Waals surface area contributed by atoms with Crippen LogP contribution in [0, 0.1) is 0 Å². The molecule has 23 heavy (non-hydrogen) atoms. The second kappa shape index (κ2) is 7.00. The minimum Gasteiger partial charge on any atom is -0.322 e. The molecule has 1 N–H and O–H groups in total. The van der Waals surface area contributed by atoms with Crippen LogP contribution in [0.5, 0.6) is 0 Å². The quantitative estimate of drug-likeness (QED) is 0.826. The van der Waals surface area contributed by atoms with Crippen molar-refractivity contribution in [3.8, 4) is 0 Å². The lowest BCUT2D eigenvalue weighted by Crippen LogP contribution is -2.23. The third kappa shape index (κ3) is 4.11. The van der Waals surface area contributed by atoms with Crippen molar-refractivity contribution < 1.29 is 13.2 Å². The molecule has 2 aromatic carbocycles. The van der Waals surface area contributed by atoms with Gasteiger partial charge in [-0.2, -0.15) is 0 Å². The van der Waals surface area contributed by atoms with Crippen LogP contribution in [0.15, 0.2) is 51.8 Å². The van der Waals surface area contributed by atoms with Crippen molar-refractivity contribution in [2.45, 2.75) is 4.90 Å². The molecule has 0 atom stereocenters. The molecule has 2 rings (SSSR count). The van der Waals surface area contributed by atoms with E-state index in [1.165, 1.54) is 32.3 Å². The number of carbonyl (C=O) groups is 1. The first kappa shape index (κ1) is 17.9. The largest absolute Gasteiger partial charge is 0.322 e. The highest BCUT2D eigenvalue weighted by atomic mass is 79.9. The van der Waals surface area contributed by atoms with E-state index in [2.05, 4.69) is 21.2 Å². The maximum Gasteiger partial charge on any atom is 0.257 e. The number of anilines is 1. The highest BCUT2D eigenvalue weighted by Gasteiger charge is 2.20. The highest BCUT2D eigenvalue weighted by molar-refractivity contribution is 9.10. The molecule has 2 aromatic rings. The molecule has 0 aliphatic heterocycles. The summed E-state index contributed by atoms with van der Waals surface area (Å²) in [5.41, 5.74) is 0.674. The van der Waals surface area contributed by atoms with Crippen molar-refractivity contribution in [1.29, 1.82) is 0 Å². The van der Waals surface area contributed by atoms with Crippen LogP contribution in [0.2, 0.25) is 5.02 Å². The number of nitrogens with zero attached hydrogens (tertiary/aromatic N) is 1. The Balaban J connectivity index is 2.35. The van der Waals surface area contributed by atoms with Gasteiger partial charge in [0.05, 0.1) is 15.5 Å². The second-order valence-corrected chi connectivity index (χ2v) is 8.36. The predicted octanol–water partition coefficient (Wildman–Crippen LogP) is 3.61. The zero-order valence-corrected chi connectivity index (χ0v) is 15.5. The van der Waals surface area contributed by atoms with Crippen LogP contribution >= 0.6 is 27.5 Å². The summed E-state index contributed by atoms with van der Waals surface area (Å²) < 4.78 is 26.3. The Morgan fingerprint density at radius 2 is 1.74 bits per heavy atom. The van der Waals surface area contributed by atoms with Gasteiger partial charge in [0.2, 0.25) is 10.0 Å². The standard InChI is InChI=1S/C15H14BrClN2O3S/c1-19(2)23(21,22)12-7-8-14(17)13(9-12)15(20)18-11-5-3-10(16)4-6-11/h3-9H,1-2H3,(H,18,20). The molecule has 0 spiro atoms. The molecule has 0 aliphatic carbocycles. The molecule has 1 amide bonds. The molecule has 8 heteroatoms. The number of amides is 1. The van der Waals surface area contributed by atoms with Crippen LogP contribution < -0.4 is 5.32 Å². The summed E-state index contributed by atoms with van der Waals surface area (Å²) in [6, 6.07) is 11.0. The van der Waals surface area contributed by atoms with E-state index in [4.69, 9.17) is 11.6 Å². The number of hydrogen-bond donors (Lipinski definition) is 1. The van der Waals surface area contributed by atoms with Gasteiger partial charge in [-0.25, -0.2) is 12.7 Å². The van der Waals surface area contributed by atoms with Gasteiger partial charge in [0.15, 0.2) is 0 Å². The zero-order chi connectivity index (χ0) is 17.2. The van der Waals surface area contributed by atoms with Crippen LogP contribution in [0.1, 0.15) is 10.4 Å². The molecule has 0 saturated heterocycles. The Hall–Kier alpha value is -1.41. The van der Waals surface area contributed by atoms with Gasteiger partial charge in [-0.1, -0.05) is 27.5 Å². The van der Waals surface area contributed by atoms with Crippen molar-refractivity contribution in [2.75, 3.05) is 19.4 Å². The number of rotatable bonds is 4. The zero-order valence-electron chi connectivity index (χ0n) is 12.4. The van der Waals surface area contributed by atoms with Gasteiger partial charge in [0, 0.05) is 24.3 Å². The second-order valence-electron chi connectivity index (χ2n) is 4.89. The summed E-state index contributed by atoms with van der Waals surface area (Å²) in [5.74, 6) is -0.479. The van der Waals surface area contributed by atoms with Crippen LogP contribution in [0.25, 0.3) is 0 Å². The van der Waals surface area contributed by atoms with Crippen LogP contribution in [0.3, 0.4) is 0 Å². The van der Waals surface area contributed by atoms with Gasteiger partial charge in [0.1, 0.15) is 0 Å². The van der Waals surface area contributed by atoms with Gasteiger partial charge in [-0.3, -0.25) is 4.79 Å². The van der Waals surface area contributed by atoms with E-state index in [0.29, 0.717) is 5.69 Å². The average molecular weight is 418 g/mol. The van der Waals surface area contributed by atoms with Gasteiger partial charge in [-0.05, 0) is 42.5 Å². The first-order chi connectivity index (χ1) is 10.7. The predicted molar refractivity (Wildman–Crippen MR) is 94.4 cm³/mol. The third-order valence-corrected chi connectivity index (χ3v) is 5.73. The smallest absolute Gasteiger partial charge is 0.257 e. The molecule has 0 radical (unpaired) electrons. The molecule has 0 aromatic heterocycles. The van der Waals surface area contributed by atoms with Crippen molar-refractivity contribution in [3.63, 3.8) is 0 Å². The molecule has 0 saturated carbocycles. The van der Waals surface area contributed by atoms with E-state index >= 15 is 0 Å². The summed E-state index contributed by atoms with van der Waals surface area (Å²) in [7, 11) is -0.795. The van der Waals surface area contributed by atoms with Crippen molar-refractivity contribution in [2.24, 2.45) is 0 Å². The molecule has 5 nitrogen and oxygen atoms in total. The van der Waals surface area contributed by atoms with Crippen molar-refractivity contribution >= 4 is 49.1 Å². The van der Waals surface area contributed by atoms with Gasteiger partial charge >= 0.3 is 0 Å². The number of sulfonamides is 1. The fourth-order valence-corrected chi connectivity index (χ4v) is 3.18. The van der Waals surface area contributed by atoms with E-state index in [0.717, 1.165) is 8.78 Å². The topological polar surface area (TPSA) is 66.5 Å². The summed E-state index contributed by atoms with van der Waals surface area (Å²) in [4.78, 5) is 12.4. The average Bonchev–Trinajstić information content (AvgIpc) is 2.49. The number of nitrogens with one attached hydrogen (secondary N) is 1. The van der Waals surface area contributed by atoms with Gasteiger partial charge in [0.25, 0.3) is 5.91 Å². The first-order valence-corrected chi connectivity index (χ1v) is 9.12. The van der Waals surface area contributed by atoms with E-state index in [1.807, 2.05) is 0 Å². The molecule has 0 heterocycles. The van der Waals surface area contributed by atoms with Crippen LogP contribution in [-0.4, -0.2) is 32.7 Å². The Bertz CT molecular complexity index is 836.